The number of alkyl carbamates (subject to hydrolysis) is 1. The maximum absolute atomic E-state index is 12.6. The first-order valence-electron chi connectivity index (χ1n) is 7.35. The van der Waals surface area contributed by atoms with E-state index in [0.29, 0.717) is 25.0 Å². The molecule has 0 aromatic carbocycles. The Morgan fingerprint density at radius 3 is 3.05 bits per heavy atom. The summed E-state index contributed by atoms with van der Waals surface area (Å²) in [7, 11) is 0. The van der Waals surface area contributed by atoms with Crippen LogP contribution in [0.3, 0.4) is 0 Å². The van der Waals surface area contributed by atoms with Crippen LogP contribution in [0.1, 0.15) is 31.4 Å². The fraction of sp³-hybridized carbons (Fsp3) is 0.571. The van der Waals surface area contributed by atoms with E-state index in [0.717, 1.165) is 6.42 Å². The van der Waals surface area contributed by atoms with E-state index < -0.39 is 11.6 Å². The summed E-state index contributed by atoms with van der Waals surface area (Å²) in [6.07, 6.45) is 3.80. The Balaban J connectivity index is 1.48. The smallest absolute Gasteiger partial charge is 0.407 e. The number of aromatic nitrogens is 2. The summed E-state index contributed by atoms with van der Waals surface area (Å²) in [5.41, 5.74) is -0.391. The summed E-state index contributed by atoms with van der Waals surface area (Å²) in [6, 6.07) is 3.47. The summed E-state index contributed by atoms with van der Waals surface area (Å²) in [6.45, 7) is 0. The Morgan fingerprint density at radius 1 is 1.55 bits per heavy atom. The molecule has 1 saturated heterocycles. The van der Waals surface area contributed by atoms with Gasteiger partial charge in [0.05, 0.1) is 6.04 Å². The van der Waals surface area contributed by atoms with Crippen molar-refractivity contribution in [1.82, 2.24) is 20.4 Å². The van der Waals surface area contributed by atoms with Crippen LogP contribution >= 0.6 is 0 Å². The van der Waals surface area contributed by atoms with E-state index in [9.17, 15) is 9.59 Å². The van der Waals surface area contributed by atoms with Crippen LogP contribution in [0, 0.1) is 11.3 Å². The first kappa shape index (κ1) is 13.1. The fourth-order valence-corrected chi connectivity index (χ4v) is 3.34. The van der Waals surface area contributed by atoms with Crippen molar-refractivity contribution in [2.75, 3.05) is 0 Å². The van der Waals surface area contributed by atoms with Gasteiger partial charge in [-0.05, 0) is 25.3 Å². The molecule has 1 aromatic heterocycles. The highest BCUT2D eigenvalue weighted by Gasteiger charge is 2.54. The Morgan fingerprint density at radius 2 is 2.36 bits per heavy atom. The van der Waals surface area contributed by atoms with Crippen LogP contribution in [0.4, 0.5) is 4.79 Å². The normalized spacial score (nSPS) is 30.9. The highest BCUT2D eigenvalue weighted by Crippen LogP contribution is 2.43. The molecule has 2 N–H and O–H groups in total. The van der Waals surface area contributed by atoms with Gasteiger partial charge in [-0.1, -0.05) is 0 Å². The number of amides is 2. The zero-order chi connectivity index (χ0) is 15.3. The summed E-state index contributed by atoms with van der Waals surface area (Å²) < 4.78 is 6.80. The lowest BCUT2D eigenvalue weighted by molar-refractivity contribution is -0.127. The lowest BCUT2D eigenvalue weighted by Gasteiger charge is -2.24. The number of carbonyl (C=O) groups excluding carboxylic acids is 2. The minimum atomic E-state index is -0.691. The molecular formula is C14H15N5O3. The van der Waals surface area contributed by atoms with Crippen LogP contribution in [0.2, 0.25) is 0 Å². The summed E-state index contributed by atoms with van der Waals surface area (Å²) in [4.78, 5) is 24.0. The van der Waals surface area contributed by atoms with E-state index in [-0.39, 0.29) is 24.1 Å². The molecule has 2 heterocycles. The molecule has 114 valence electrons. The monoisotopic (exact) mass is 301 g/mol. The quantitative estimate of drug-likeness (QED) is 0.816. The van der Waals surface area contributed by atoms with Gasteiger partial charge in [0.25, 0.3) is 0 Å². The van der Waals surface area contributed by atoms with Crippen LogP contribution in [-0.4, -0.2) is 40.0 Å². The van der Waals surface area contributed by atoms with Crippen LogP contribution in [0.25, 0.3) is 0 Å². The molecule has 2 bridgehead atoms. The average Bonchev–Trinajstić information content (AvgIpc) is 3.07. The van der Waals surface area contributed by atoms with E-state index >= 15 is 0 Å². The molecule has 0 spiro atoms. The third-order valence-electron chi connectivity index (χ3n) is 4.69. The first-order valence-corrected chi connectivity index (χ1v) is 7.35. The van der Waals surface area contributed by atoms with Gasteiger partial charge >= 0.3 is 6.09 Å². The van der Waals surface area contributed by atoms with Gasteiger partial charge < -0.3 is 15.4 Å². The van der Waals surface area contributed by atoms with E-state index in [1.54, 1.807) is 16.9 Å². The largest absolute Gasteiger partial charge is 0.444 e. The number of nitriles is 1. The molecule has 4 rings (SSSR count). The highest BCUT2D eigenvalue weighted by molar-refractivity contribution is 5.87. The number of carbonyl (C=O) groups is 2. The van der Waals surface area contributed by atoms with Crippen LogP contribution in [-0.2, 0) is 15.1 Å². The molecular weight excluding hydrogens is 286 g/mol. The number of hydrogen-bond acceptors (Lipinski definition) is 5. The molecule has 22 heavy (non-hydrogen) atoms. The molecule has 2 saturated carbocycles. The molecule has 1 aliphatic heterocycles. The minimum Gasteiger partial charge on any atom is -0.444 e. The Kier molecular flexibility index (Phi) is 2.66. The van der Waals surface area contributed by atoms with Gasteiger partial charge in [0.15, 0.2) is 5.69 Å². The molecule has 0 unspecified atom stereocenters. The van der Waals surface area contributed by atoms with Crippen molar-refractivity contribution in [2.24, 2.45) is 0 Å². The third-order valence-corrected chi connectivity index (χ3v) is 4.69. The summed E-state index contributed by atoms with van der Waals surface area (Å²) in [5.74, 6) is -0.117. The fourth-order valence-electron chi connectivity index (χ4n) is 3.34. The molecule has 2 amide bonds. The van der Waals surface area contributed by atoms with Crippen molar-refractivity contribution in [3.05, 3.63) is 18.0 Å². The van der Waals surface area contributed by atoms with Crippen molar-refractivity contribution in [2.45, 2.75) is 49.4 Å². The number of nitrogens with one attached hydrogen (secondary N) is 2. The van der Waals surface area contributed by atoms with Gasteiger partial charge in [0, 0.05) is 18.7 Å². The van der Waals surface area contributed by atoms with Gasteiger partial charge in [-0.25, -0.2) is 4.79 Å². The van der Waals surface area contributed by atoms with Crippen LogP contribution in [0.15, 0.2) is 12.3 Å². The molecule has 2 aliphatic carbocycles. The van der Waals surface area contributed by atoms with Gasteiger partial charge in [-0.15, -0.1) is 0 Å². The topological polar surface area (TPSA) is 109 Å². The van der Waals surface area contributed by atoms with E-state index in [4.69, 9.17) is 10.00 Å². The highest BCUT2D eigenvalue weighted by atomic mass is 16.6. The lowest BCUT2D eigenvalue weighted by atomic mass is 10.1. The van der Waals surface area contributed by atoms with Gasteiger partial charge in [0.2, 0.25) is 5.91 Å². The number of ether oxygens (including phenoxy) is 1. The maximum atomic E-state index is 12.6. The second-order valence-electron chi connectivity index (χ2n) is 6.13. The number of rotatable bonds is 3. The predicted molar refractivity (Wildman–Crippen MR) is 72.5 cm³/mol. The number of nitrogens with zero attached hydrogens (tertiary/aromatic N) is 3. The Hall–Kier alpha value is -2.56. The molecule has 3 aliphatic rings. The summed E-state index contributed by atoms with van der Waals surface area (Å²) >= 11 is 0. The molecule has 8 heteroatoms. The van der Waals surface area contributed by atoms with E-state index in [1.807, 2.05) is 6.07 Å². The van der Waals surface area contributed by atoms with Crippen LogP contribution in [0.5, 0.6) is 0 Å². The predicted octanol–water partition coefficient (Wildman–Crippen LogP) is -0.000520. The SMILES string of the molecule is N#Cc1ccn(C2(C(=O)N[C@@H]3C[C@@H]4C[C@H]3OC(=O)N4)CC2)n1. The van der Waals surface area contributed by atoms with Crippen molar-refractivity contribution >= 4 is 12.0 Å². The standard InChI is InChI=1S/C14H15N5O3/c15-7-8-1-4-19(18-8)14(2-3-14)12(20)17-10-5-9-6-11(10)22-13(21)16-9/h1,4,9-11H,2-3,5-6H2,(H,16,21)(H,17,20)/t9-,10-,11-/m1/s1. The van der Waals surface area contributed by atoms with E-state index in [2.05, 4.69) is 15.7 Å². The second kappa shape index (κ2) is 4.47. The van der Waals surface area contributed by atoms with Crippen molar-refractivity contribution in [3.8, 4) is 6.07 Å². The first-order chi connectivity index (χ1) is 10.6. The zero-order valence-electron chi connectivity index (χ0n) is 11.8. The summed E-state index contributed by atoms with van der Waals surface area (Å²) in [5, 5.41) is 18.7. The van der Waals surface area contributed by atoms with Crippen molar-refractivity contribution in [3.63, 3.8) is 0 Å². The third kappa shape index (κ3) is 1.93. The lowest BCUT2D eigenvalue weighted by Crippen LogP contribution is -2.48. The molecule has 3 atom stereocenters. The maximum Gasteiger partial charge on any atom is 0.407 e. The van der Waals surface area contributed by atoms with E-state index in [1.165, 1.54) is 0 Å². The minimum absolute atomic E-state index is 0.0709. The number of hydrogen-bond donors (Lipinski definition) is 2. The van der Waals surface area contributed by atoms with Crippen molar-refractivity contribution in [1.29, 1.82) is 5.26 Å². The number of fused-ring (bicyclic) bond motifs is 2. The average molecular weight is 301 g/mol. The van der Waals surface area contributed by atoms with Gasteiger partial charge in [-0.3, -0.25) is 9.48 Å². The molecule has 8 nitrogen and oxygen atoms in total. The second-order valence-corrected chi connectivity index (χ2v) is 6.13. The van der Waals surface area contributed by atoms with Gasteiger partial charge in [0.1, 0.15) is 17.7 Å². The Labute approximate surface area is 126 Å². The molecule has 0 radical (unpaired) electrons. The zero-order valence-corrected chi connectivity index (χ0v) is 11.8. The molecule has 1 aromatic rings. The Bertz CT molecular complexity index is 687. The van der Waals surface area contributed by atoms with Crippen molar-refractivity contribution < 1.29 is 14.3 Å². The molecule has 3 fully saturated rings. The van der Waals surface area contributed by atoms with Crippen LogP contribution < -0.4 is 10.6 Å². The van der Waals surface area contributed by atoms with Gasteiger partial charge in [-0.2, -0.15) is 10.4 Å².